The van der Waals surface area contributed by atoms with E-state index in [-0.39, 0.29) is 18.1 Å². The first-order valence-corrected chi connectivity index (χ1v) is 6.15. The van der Waals surface area contributed by atoms with Crippen molar-refractivity contribution in [3.8, 4) is 0 Å². The summed E-state index contributed by atoms with van der Waals surface area (Å²) in [5.74, 6) is -0.298. The maximum absolute atomic E-state index is 11.4. The van der Waals surface area contributed by atoms with E-state index in [0.717, 1.165) is 0 Å². The predicted molar refractivity (Wildman–Crippen MR) is 57.7 cm³/mol. The largest absolute Gasteiger partial charge is 0.299 e. The van der Waals surface area contributed by atoms with Crippen molar-refractivity contribution in [3.63, 3.8) is 0 Å². The molecule has 5 heteroatoms. The minimum Gasteiger partial charge on any atom is -0.299 e. The lowest BCUT2D eigenvalue weighted by Gasteiger charge is -2.04. The van der Waals surface area contributed by atoms with Gasteiger partial charge >= 0.3 is 0 Å². The van der Waals surface area contributed by atoms with Gasteiger partial charge in [0.05, 0.1) is 12.3 Å². The number of carbonyl (C=O) groups is 1. The standard InChI is InChI=1S/C10H13NO3S/c1-9(12)7-11-15(13,14)8-10-5-3-2-4-6-10/h2-6,11H,7-8H2,1H3. The third-order valence-corrected chi connectivity index (χ3v) is 3.04. The molecule has 4 nitrogen and oxygen atoms in total. The van der Waals surface area contributed by atoms with Crippen LogP contribution in [0.1, 0.15) is 12.5 Å². The highest BCUT2D eigenvalue weighted by Crippen LogP contribution is 2.03. The Morgan fingerprint density at radius 1 is 1.27 bits per heavy atom. The number of hydrogen-bond donors (Lipinski definition) is 1. The van der Waals surface area contributed by atoms with Crippen LogP contribution < -0.4 is 4.72 Å². The molecule has 0 atom stereocenters. The first kappa shape index (κ1) is 11.9. The molecule has 0 spiro atoms. The molecule has 0 saturated carbocycles. The number of carbonyl (C=O) groups excluding carboxylic acids is 1. The third-order valence-electron chi connectivity index (χ3n) is 1.74. The van der Waals surface area contributed by atoms with Crippen LogP contribution in [0, 0.1) is 0 Å². The van der Waals surface area contributed by atoms with E-state index in [9.17, 15) is 13.2 Å². The molecule has 0 bridgehead atoms. The van der Waals surface area contributed by atoms with Crippen molar-refractivity contribution in [1.29, 1.82) is 0 Å². The number of ketones is 1. The molecule has 0 saturated heterocycles. The molecule has 0 radical (unpaired) electrons. The Morgan fingerprint density at radius 2 is 1.87 bits per heavy atom. The summed E-state index contributed by atoms with van der Waals surface area (Å²) in [6.07, 6.45) is 0. The fourth-order valence-electron chi connectivity index (χ4n) is 1.06. The lowest BCUT2D eigenvalue weighted by Crippen LogP contribution is -2.29. The Morgan fingerprint density at radius 3 is 2.40 bits per heavy atom. The van der Waals surface area contributed by atoms with Crippen LogP contribution in [0.25, 0.3) is 0 Å². The van der Waals surface area contributed by atoms with Crippen LogP contribution >= 0.6 is 0 Å². The normalized spacial score (nSPS) is 11.3. The van der Waals surface area contributed by atoms with Crippen LogP contribution in [0.2, 0.25) is 0 Å². The zero-order chi connectivity index (χ0) is 11.3. The highest BCUT2D eigenvalue weighted by atomic mass is 32.2. The monoisotopic (exact) mass is 227 g/mol. The smallest absolute Gasteiger partial charge is 0.216 e. The van der Waals surface area contributed by atoms with Gasteiger partial charge in [0.2, 0.25) is 10.0 Å². The van der Waals surface area contributed by atoms with Gasteiger partial charge in [-0.25, -0.2) is 13.1 Å². The second kappa shape index (κ2) is 5.04. The average Bonchev–Trinajstić information content (AvgIpc) is 2.16. The Balaban J connectivity index is 2.61. The quantitative estimate of drug-likeness (QED) is 0.805. The van der Waals surface area contributed by atoms with Crippen LogP contribution in [0.4, 0.5) is 0 Å². The van der Waals surface area contributed by atoms with Crippen LogP contribution in [0.15, 0.2) is 30.3 Å². The first-order valence-electron chi connectivity index (χ1n) is 4.50. The molecule has 0 aliphatic carbocycles. The molecule has 1 aromatic carbocycles. The molecule has 0 heterocycles. The first-order chi connectivity index (χ1) is 6.99. The zero-order valence-electron chi connectivity index (χ0n) is 8.43. The van der Waals surface area contributed by atoms with Crippen molar-refractivity contribution in [1.82, 2.24) is 4.72 Å². The van der Waals surface area contributed by atoms with Crippen molar-refractivity contribution >= 4 is 15.8 Å². The highest BCUT2D eigenvalue weighted by molar-refractivity contribution is 7.88. The number of rotatable bonds is 5. The molecule has 0 unspecified atom stereocenters. The van der Waals surface area contributed by atoms with E-state index in [2.05, 4.69) is 4.72 Å². The molecule has 1 rings (SSSR count). The molecule has 1 aromatic rings. The molecule has 0 aromatic heterocycles. The maximum atomic E-state index is 11.4. The molecule has 0 fully saturated rings. The summed E-state index contributed by atoms with van der Waals surface area (Å²) in [6.45, 7) is 1.19. The van der Waals surface area contributed by atoms with Gasteiger partial charge in [-0.2, -0.15) is 0 Å². The molecule has 0 amide bonds. The molecular weight excluding hydrogens is 214 g/mol. The minimum absolute atomic E-state index is 0.0961. The van der Waals surface area contributed by atoms with Gasteiger partial charge in [-0.15, -0.1) is 0 Å². The van der Waals surface area contributed by atoms with Crippen LogP contribution in [0.5, 0.6) is 0 Å². The number of sulfonamides is 1. The summed E-state index contributed by atoms with van der Waals surface area (Å²) >= 11 is 0. The van der Waals surface area contributed by atoms with E-state index >= 15 is 0 Å². The summed E-state index contributed by atoms with van der Waals surface area (Å²) in [5, 5.41) is 0. The van der Waals surface area contributed by atoms with Gasteiger partial charge in [0.1, 0.15) is 5.78 Å². The van der Waals surface area contributed by atoms with Crippen molar-refractivity contribution < 1.29 is 13.2 Å². The molecular formula is C10H13NO3S. The summed E-state index contributed by atoms with van der Waals surface area (Å²) < 4.78 is 25.1. The summed E-state index contributed by atoms with van der Waals surface area (Å²) in [5.41, 5.74) is 0.702. The van der Waals surface area contributed by atoms with Gasteiger partial charge in [-0.1, -0.05) is 30.3 Å². The topological polar surface area (TPSA) is 63.2 Å². The summed E-state index contributed by atoms with van der Waals surface area (Å²) in [6, 6.07) is 8.82. The van der Waals surface area contributed by atoms with E-state index in [0.29, 0.717) is 5.56 Å². The lowest BCUT2D eigenvalue weighted by molar-refractivity contribution is -0.115. The Hall–Kier alpha value is -1.20. The summed E-state index contributed by atoms with van der Waals surface area (Å²) in [7, 11) is -3.40. The molecule has 15 heavy (non-hydrogen) atoms. The predicted octanol–water partition coefficient (Wildman–Crippen LogP) is 0.695. The van der Waals surface area contributed by atoms with E-state index in [1.54, 1.807) is 24.3 Å². The van der Waals surface area contributed by atoms with Gasteiger partial charge in [-0.3, -0.25) is 4.79 Å². The van der Waals surface area contributed by atoms with E-state index in [4.69, 9.17) is 0 Å². The van der Waals surface area contributed by atoms with Crippen LogP contribution in [-0.2, 0) is 20.6 Å². The van der Waals surface area contributed by atoms with Crippen LogP contribution in [-0.4, -0.2) is 20.7 Å². The molecule has 0 aliphatic rings. The van der Waals surface area contributed by atoms with Crippen molar-refractivity contribution in [2.75, 3.05) is 6.54 Å². The van der Waals surface area contributed by atoms with E-state index in [1.165, 1.54) is 6.92 Å². The molecule has 82 valence electrons. The third kappa shape index (κ3) is 4.71. The van der Waals surface area contributed by atoms with Crippen molar-refractivity contribution in [2.45, 2.75) is 12.7 Å². The minimum atomic E-state index is -3.40. The zero-order valence-corrected chi connectivity index (χ0v) is 9.25. The maximum Gasteiger partial charge on any atom is 0.216 e. The van der Waals surface area contributed by atoms with Crippen molar-refractivity contribution in [3.05, 3.63) is 35.9 Å². The Bertz CT molecular complexity index is 425. The fourth-order valence-corrected chi connectivity index (χ4v) is 2.21. The number of Topliss-reactive ketones (excluding diaryl/α,β-unsaturated/α-hetero) is 1. The highest BCUT2D eigenvalue weighted by Gasteiger charge is 2.11. The van der Waals surface area contributed by atoms with Gasteiger partial charge in [0.15, 0.2) is 0 Å². The number of benzene rings is 1. The Labute approximate surface area is 89.4 Å². The molecule has 1 N–H and O–H groups in total. The molecule has 0 aliphatic heterocycles. The number of hydrogen-bond acceptors (Lipinski definition) is 3. The van der Waals surface area contributed by atoms with Crippen LogP contribution in [0.3, 0.4) is 0 Å². The van der Waals surface area contributed by atoms with Gasteiger partial charge < -0.3 is 0 Å². The Kier molecular flexibility index (Phi) is 3.99. The van der Waals surface area contributed by atoms with Crippen molar-refractivity contribution in [2.24, 2.45) is 0 Å². The van der Waals surface area contributed by atoms with Gasteiger partial charge in [0, 0.05) is 0 Å². The second-order valence-electron chi connectivity index (χ2n) is 3.27. The average molecular weight is 227 g/mol. The SMILES string of the molecule is CC(=O)CNS(=O)(=O)Cc1ccccc1. The van der Waals surface area contributed by atoms with Gasteiger partial charge in [0.25, 0.3) is 0 Å². The number of nitrogens with one attached hydrogen (secondary N) is 1. The fraction of sp³-hybridized carbons (Fsp3) is 0.300. The van der Waals surface area contributed by atoms with E-state index < -0.39 is 10.0 Å². The van der Waals surface area contributed by atoms with Gasteiger partial charge in [-0.05, 0) is 12.5 Å². The second-order valence-corrected chi connectivity index (χ2v) is 5.07. The van der Waals surface area contributed by atoms with E-state index in [1.807, 2.05) is 6.07 Å². The lowest BCUT2D eigenvalue weighted by atomic mass is 10.2. The summed E-state index contributed by atoms with van der Waals surface area (Å²) in [4.78, 5) is 10.6.